The van der Waals surface area contributed by atoms with E-state index in [4.69, 9.17) is 9.47 Å². The number of anilines is 1. The summed E-state index contributed by atoms with van der Waals surface area (Å²) in [5, 5.41) is 4.80. The van der Waals surface area contributed by atoms with Gasteiger partial charge in [0.15, 0.2) is 11.5 Å². The largest absolute Gasteiger partial charge is 0.486 e. The Morgan fingerprint density at radius 3 is 2.60 bits per heavy atom. The molecular weight excluding hydrogens is 400 g/mol. The van der Waals surface area contributed by atoms with Gasteiger partial charge in [-0.25, -0.2) is 13.6 Å². The fourth-order valence-electron chi connectivity index (χ4n) is 3.31. The molecule has 10 heteroatoms. The van der Waals surface area contributed by atoms with E-state index in [9.17, 15) is 23.2 Å². The van der Waals surface area contributed by atoms with E-state index in [0.29, 0.717) is 36.3 Å². The fraction of sp³-hybridized carbons (Fsp3) is 0.250. The standard InChI is InChI=1S/C20H17F2N3O5/c1-20(11-2-5-15-16(8-11)30-7-6-29-15)18(27)25(19(28)24-20)10-17(26)23-14-4-3-12(21)9-13(14)22/h2-5,8-9H,6-7,10H2,1H3,(H,23,26)(H,24,28). The normalized spacial score (nSPS) is 20.2. The van der Waals surface area contributed by atoms with Crippen molar-refractivity contribution in [1.82, 2.24) is 10.2 Å². The number of amides is 4. The number of hydrogen-bond acceptors (Lipinski definition) is 5. The summed E-state index contributed by atoms with van der Waals surface area (Å²) in [7, 11) is 0. The van der Waals surface area contributed by atoms with Crippen molar-refractivity contribution in [2.75, 3.05) is 25.1 Å². The predicted molar refractivity (Wildman–Crippen MR) is 100 cm³/mol. The molecule has 0 radical (unpaired) electrons. The monoisotopic (exact) mass is 417 g/mol. The zero-order chi connectivity index (χ0) is 21.5. The summed E-state index contributed by atoms with van der Waals surface area (Å²) in [4.78, 5) is 38.4. The van der Waals surface area contributed by atoms with E-state index in [1.54, 1.807) is 18.2 Å². The number of carbonyl (C=O) groups is 3. The van der Waals surface area contributed by atoms with E-state index in [1.165, 1.54) is 6.92 Å². The van der Waals surface area contributed by atoms with Crippen LogP contribution < -0.4 is 20.1 Å². The summed E-state index contributed by atoms with van der Waals surface area (Å²) in [6, 6.07) is 6.74. The highest BCUT2D eigenvalue weighted by atomic mass is 19.1. The Morgan fingerprint density at radius 2 is 1.87 bits per heavy atom. The molecule has 2 aromatic rings. The molecule has 2 aliphatic rings. The van der Waals surface area contributed by atoms with Crippen LogP contribution in [0, 0.1) is 11.6 Å². The predicted octanol–water partition coefficient (Wildman–Crippen LogP) is 2.14. The Bertz CT molecular complexity index is 1060. The molecule has 1 fully saturated rings. The van der Waals surface area contributed by atoms with E-state index in [0.717, 1.165) is 17.0 Å². The Hall–Kier alpha value is -3.69. The topological polar surface area (TPSA) is 97.0 Å². The summed E-state index contributed by atoms with van der Waals surface area (Å²) in [6.45, 7) is 1.65. The van der Waals surface area contributed by atoms with Gasteiger partial charge in [-0.1, -0.05) is 6.07 Å². The number of fused-ring (bicyclic) bond motifs is 1. The first kappa shape index (κ1) is 19.6. The maximum atomic E-state index is 13.7. The van der Waals surface area contributed by atoms with Crippen LogP contribution in [0.1, 0.15) is 12.5 Å². The minimum atomic E-state index is -1.42. The Morgan fingerprint density at radius 1 is 1.13 bits per heavy atom. The Kier molecular flexibility index (Phi) is 4.76. The van der Waals surface area contributed by atoms with Crippen molar-refractivity contribution >= 4 is 23.5 Å². The maximum Gasteiger partial charge on any atom is 0.325 e. The third-order valence-corrected chi connectivity index (χ3v) is 4.90. The molecule has 0 bridgehead atoms. The van der Waals surface area contributed by atoms with E-state index in [-0.39, 0.29) is 5.69 Å². The Labute approximate surface area is 169 Å². The second-order valence-electron chi connectivity index (χ2n) is 6.98. The lowest BCUT2D eigenvalue weighted by molar-refractivity contribution is -0.133. The molecule has 1 saturated heterocycles. The van der Waals surface area contributed by atoms with Gasteiger partial charge >= 0.3 is 6.03 Å². The highest BCUT2D eigenvalue weighted by Gasteiger charge is 2.49. The molecule has 2 aromatic carbocycles. The average Bonchev–Trinajstić information content (AvgIpc) is 2.94. The van der Waals surface area contributed by atoms with Crippen LogP contribution in [0.25, 0.3) is 0 Å². The lowest BCUT2D eigenvalue weighted by Gasteiger charge is -2.25. The number of urea groups is 1. The van der Waals surface area contributed by atoms with Crippen LogP contribution in [0.3, 0.4) is 0 Å². The second-order valence-corrected chi connectivity index (χ2v) is 6.98. The highest BCUT2D eigenvalue weighted by Crippen LogP contribution is 2.36. The van der Waals surface area contributed by atoms with Gasteiger partial charge in [-0.2, -0.15) is 0 Å². The molecule has 1 atom stereocenters. The molecule has 0 aromatic heterocycles. The third-order valence-electron chi connectivity index (χ3n) is 4.90. The maximum absolute atomic E-state index is 13.7. The summed E-state index contributed by atoms with van der Waals surface area (Å²) in [5.41, 5.74) is -1.23. The van der Waals surface area contributed by atoms with Gasteiger partial charge in [0.05, 0.1) is 5.69 Å². The SMILES string of the molecule is CC1(c2ccc3c(c2)OCCO3)NC(=O)N(CC(=O)Nc2ccc(F)cc2F)C1=O. The van der Waals surface area contributed by atoms with Gasteiger partial charge in [0.25, 0.3) is 5.91 Å². The van der Waals surface area contributed by atoms with Gasteiger partial charge in [0, 0.05) is 6.07 Å². The first-order chi connectivity index (χ1) is 14.3. The molecule has 0 aliphatic carbocycles. The minimum Gasteiger partial charge on any atom is -0.486 e. The molecule has 30 heavy (non-hydrogen) atoms. The number of hydrogen-bond donors (Lipinski definition) is 2. The second kappa shape index (κ2) is 7.29. The first-order valence-corrected chi connectivity index (χ1v) is 9.07. The number of nitrogens with one attached hydrogen (secondary N) is 2. The summed E-state index contributed by atoms with van der Waals surface area (Å²) in [5.74, 6) is -2.25. The van der Waals surface area contributed by atoms with E-state index in [2.05, 4.69) is 10.6 Å². The number of benzene rings is 2. The van der Waals surface area contributed by atoms with Crippen molar-refractivity contribution in [2.24, 2.45) is 0 Å². The van der Waals surface area contributed by atoms with Gasteiger partial charge in [-0.15, -0.1) is 0 Å². The highest BCUT2D eigenvalue weighted by molar-refractivity contribution is 6.10. The molecule has 4 rings (SSSR count). The van der Waals surface area contributed by atoms with Crippen LogP contribution >= 0.6 is 0 Å². The van der Waals surface area contributed by atoms with Crippen molar-refractivity contribution in [3.05, 3.63) is 53.6 Å². The van der Waals surface area contributed by atoms with Crippen LogP contribution in [-0.2, 0) is 15.1 Å². The van der Waals surface area contributed by atoms with Crippen LogP contribution in [0.2, 0.25) is 0 Å². The summed E-state index contributed by atoms with van der Waals surface area (Å²) < 4.78 is 37.7. The molecule has 2 aliphatic heterocycles. The number of nitrogens with zero attached hydrogens (tertiary/aromatic N) is 1. The lowest BCUT2D eigenvalue weighted by Crippen LogP contribution is -2.42. The van der Waals surface area contributed by atoms with Crippen molar-refractivity contribution in [3.63, 3.8) is 0 Å². The van der Waals surface area contributed by atoms with Crippen LogP contribution in [0.5, 0.6) is 11.5 Å². The number of imide groups is 1. The number of ether oxygens (including phenoxy) is 2. The van der Waals surface area contributed by atoms with Gasteiger partial charge < -0.3 is 20.1 Å². The zero-order valence-corrected chi connectivity index (χ0v) is 15.8. The molecule has 4 amide bonds. The lowest BCUT2D eigenvalue weighted by atomic mass is 9.91. The van der Waals surface area contributed by atoms with Crippen molar-refractivity contribution in [2.45, 2.75) is 12.5 Å². The van der Waals surface area contributed by atoms with Crippen LogP contribution in [0.4, 0.5) is 19.3 Å². The number of halogens is 2. The molecule has 1 unspecified atom stereocenters. The molecule has 156 valence electrons. The molecule has 2 N–H and O–H groups in total. The quantitative estimate of drug-likeness (QED) is 0.743. The fourth-order valence-corrected chi connectivity index (χ4v) is 3.31. The molecule has 0 saturated carbocycles. The third kappa shape index (κ3) is 3.40. The molecule has 8 nitrogen and oxygen atoms in total. The van der Waals surface area contributed by atoms with Gasteiger partial charge in [0.2, 0.25) is 5.91 Å². The molecule has 0 spiro atoms. The van der Waals surface area contributed by atoms with E-state index in [1.807, 2.05) is 0 Å². The van der Waals surface area contributed by atoms with Crippen molar-refractivity contribution in [1.29, 1.82) is 0 Å². The zero-order valence-electron chi connectivity index (χ0n) is 15.8. The molecular formula is C20H17F2N3O5. The van der Waals surface area contributed by atoms with Crippen LogP contribution in [-0.4, -0.2) is 42.5 Å². The smallest absolute Gasteiger partial charge is 0.325 e. The minimum absolute atomic E-state index is 0.261. The van der Waals surface area contributed by atoms with Crippen molar-refractivity contribution < 1.29 is 32.6 Å². The van der Waals surface area contributed by atoms with Crippen LogP contribution in [0.15, 0.2) is 36.4 Å². The molecule has 2 heterocycles. The summed E-state index contributed by atoms with van der Waals surface area (Å²) >= 11 is 0. The van der Waals surface area contributed by atoms with Gasteiger partial charge in [-0.3, -0.25) is 14.5 Å². The van der Waals surface area contributed by atoms with E-state index < -0.39 is 41.6 Å². The van der Waals surface area contributed by atoms with Crippen molar-refractivity contribution in [3.8, 4) is 11.5 Å². The number of rotatable bonds is 4. The summed E-state index contributed by atoms with van der Waals surface area (Å²) in [6.07, 6.45) is 0. The Balaban J connectivity index is 1.51. The first-order valence-electron chi connectivity index (χ1n) is 9.07. The van der Waals surface area contributed by atoms with Gasteiger partial charge in [0.1, 0.15) is 36.9 Å². The van der Waals surface area contributed by atoms with E-state index >= 15 is 0 Å². The van der Waals surface area contributed by atoms with Gasteiger partial charge in [-0.05, 0) is 36.8 Å². The number of carbonyl (C=O) groups excluding carboxylic acids is 3. The average molecular weight is 417 g/mol.